The average Bonchev–Trinajstić information content (AvgIpc) is 1.82. The smallest absolute Gasteiger partial charge is 0.320 e. The maximum absolute atomic E-state index is 10.1. The second-order valence-electron chi connectivity index (χ2n) is 1.95. The summed E-state index contributed by atoms with van der Waals surface area (Å²) in [5.74, 6) is -1.64. The van der Waals surface area contributed by atoms with E-state index in [1.54, 1.807) is 0 Å². The van der Waals surface area contributed by atoms with Gasteiger partial charge < -0.3 is 16.6 Å². The van der Waals surface area contributed by atoms with Gasteiger partial charge in [0.25, 0.3) is 0 Å². The topological polar surface area (TPSA) is 106 Å². The first kappa shape index (κ1) is 13.3. The van der Waals surface area contributed by atoms with Gasteiger partial charge in [0.1, 0.15) is 6.04 Å². The third-order valence-electron chi connectivity index (χ3n) is 1.02. The zero-order chi connectivity index (χ0) is 8.15. The van der Waals surface area contributed by atoms with Gasteiger partial charge in [-0.15, -0.1) is 0 Å². The number of nitrogens with two attached hydrogens (primary N) is 2. The van der Waals surface area contributed by atoms with Crippen molar-refractivity contribution < 1.29 is 14.7 Å². The van der Waals surface area contributed by atoms with Gasteiger partial charge in [0.05, 0.1) is 0 Å². The molecule has 0 aliphatic heterocycles. The van der Waals surface area contributed by atoms with E-state index in [0.717, 1.165) is 0 Å². The van der Waals surface area contributed by atoms with Crippen LogP contribution in [0.25, 0.3) is 0 Å². The van der Waals surface area contributed by atoms with Gasteiger partial charge in [0.15, 0.2) is 0 Å². The van der Waals surface area contributed by atoms with Crippen LogP contribution in [0.15, 0.2) is 0 Å². The summed E-state index contributed by atoms with van der Waals surface area (Å²) in [5, 5.41) is 8.22. The minimum Gasteiger partial charge on any atom is -0.480 e. The summed E-state index contributed by atoms with van der Waals surface area (Å²) < 4.78 is 0. The highest BCUT2D eigenvalue weighted by molar-refractivity contribution is 5.77. The minimum absolute atomic E-state index is 0. The van der Waals surface area contributed by atoms with E-state index in [0.29, 0.717) is 0 Å². The van der Waals surface area contributed by atoms with E-state index < -0.39 is 17.9 Å². The van der Waals surface area contributed by atoms with Crippen LogP contribution < -0.4 is 11.5 Å². The van der Waals surface area contributed by atoms with Gasteiger partial charge in [-0.1, -0.05) is 0 Å². The lowest BCUT2D eigenvalue weighted by Crippen LogP contribution is -2.31. The molecule has 0 unspecified atom stereocenters. The van der Waals surface area contributed by atoms with Crippen LogP contribution in [0.1, 0.15) is 12.8 Å². The minimum atomic E-state index is -1.11. The van der Waals surface area contributed by atoms with Crippen molar-refractivity contribution in [2.24, 2.45) is 11.5 Å². The Hall–Kier alpha value is -0.334. The lowest BCUT2D eigenvalue weighted by Gasteiger charge is -2.01. The third-order valence-corrected chi connectivity index (χ3v) is 1.02. The zero-order valence-corrected chi connectivity index (χ0v) is 7.53. The molecule has 0 saturated carbocycles. The van der Waals surface area contributed by atoms with E-state index in [1.807, 2.05) is 0 Å². The van der Waals surface area contributed by atoms with Crippen LogP contribution >= 0.6 is 0 Å². The van der Waals surface area contributed by atoms with Gasteiger partial charge >= 0.3 is 5.97 Å². The number of amides is 1. The number of hydrogen-bond donors (Lipinski definition) is 3. The molecular formula is C5H10MgN2O3. The molecule has 0 heterocycles. The first-order valence-corrected chi connectivity index (χ1v) is 2.80. The predicted molar refractivity (Wildman–Crippen MR) is 39.8 cm³/mol. The SMILES string of the molecule is NC(=O)CC[C@H](N)C(=O)O.[Mg]. The highest BCUT2D eigenvalue weighted by Gasteiger charge is 2.11. The Morgan fingerprint density at radius 1 is 1.45 bits per heavy atom. The molecule has 0 spiro atoms. The summed E-state index contributed by atoms with van der Waals surface area (Å²) in [7, 11) is 0. The number of carboxylic acid groups (broad SMARTS) is 1. The van der Waals surface area contributed by atoms with Gasteiger partial charge in [-0.3, -0.25) is 9.59 Å². The van der Waals surface area contributed by atoms with Crippen LogP contribution in [0.2, 0.25) is 0 Å². The zero-order valence-electron chi connectivity index (χ0n) is 6.12. The monoisotopic (exact) mass is 170 g/mol. The molecule has 60 valence electrons. The van der Waals surface area contributed by atoms with E-state index in [4.69, 9.17) is 16.6 Å². The van der Waals surface area contributed by atoms with E-state index in [1.165, 1.54) is 0 Å². The second-order valence-corrected chi connectivity index (χ2v) is 1.95. The standard InChI is InChI=1S/C5H10N2O3.Mg/c6-3(5(9)10)1-2-4(7)8;/h3H,1-2,6H2,(H2,7,8)(H,9,10);/t3-;/m0./s1. The van der Waals surface area contributed by atoms with E-state index in [9.17, 15) is 9.59 Å². The first-order chi connectivity index (χ1) is 4.54. The van der Waals surface area contributed by atoms with E-state index >= 15 is 0 Å². The molecule has 0 aromatic carbocycles. The number of aliphatic carboxylic acids is 1. The lowest BCUT2D eigenvalue weighted by molar-refractivity contribution is -0.138. The summed E-state index contributed by atoms with van der Waals surface area (Å²) in [6.07, 6.45) is 0.123. The Bertz CT molecular complexity index is 151. The Morgan fingerprint density at radius 2 is 1.91 bits per heavy atom. The average molecular weight is 170 g/mol. The van der Waals surface area contributed by atoms with Crippen LogP contribution in [0.5, 0.6) is 0 Å². The van der Waals surface area contributed by atoms with Gasteiger partial charge in [0, 0.05) is 29.5 Å². The summed E-state index contributed by atoms with van der Waals surface area (Å²) in [6, 6.07) is -0.979. The van der Waals surface area contributed by atoms with Gasteiger partial charge in [-0.05, 0) is 6.42 Å². The summed E-state index contributed by atoms with van der Waals surface area (Å²) >= 11 is 0. The maximum Gasteiger partial charge on any atom is 0.320 e. The van der Waals surface area contributed by atoms with E-state index in [2.05, 4.69) is 0 Å². The molecule has 5 N–H and O–H groups in total. The van der Waals surface area contributed by atoms with Crippen molar-refractivity contribution in [3.63, 3.8) is 0 Å². The van der Waals surface area contributed by atoms with Crippen molar-refractivity contribution in [3.05, 3.63) is 0 Å². The van der Waals surface area contributed by atoms with Crippen molar-refractivity contribution in [2.75, 3.05) is 0 Å². The molecular weight excluding hydrogens is 160 g/mol. The lowest BCUT2D eigenvalue weighted by atomic mass is 10.2. The number of hydrogen-bond acceptors (Lipinski definition) is 3. The van der Waals surface area contributed by atoms with Crippen LogP contribution in [0.4, 0.5) is 0 Å². The fourth-order valence-corrected chi connectivity index (χ4v) is 0.421. The van der Waals surface area contributed by atoms with Crippen LogP contribution in [-0.2, 0) is 9.59 Å². The fourth-order valence-electron chi connectivity index (χ4n) is 0.421. The highest BCUT2D eigenvalue weighted by Crippen LogP contribution is 1.92. The summed E-state index contributed by atoms with van der Waals surface area (Å²) in [6.45, 7) is 0. The normalized spacial score (nSPS) is 11.4. The van der Waals surface area contributed by atoms with Gasteiger partial charge in [-0.25, -0.2) is 0 Å². The predicted octanol–water partition coefficient (Wildman–Crippen LogP) is -1.72. The van der Waals surface area contributed by atoms with Crippen molar-refractivity contribution >= 4 is 34.9 Å². The summed E-state index contributed by atoms with van der Waals surface area (Å²) in [4.78, 5) is 20.1. The molecule has 5 nitrogen and oxygen atoms in total. The Labute approximate surface area is 80.3 Å². The van der Waals surface area contributed by atoms with Crippen molar-refractivity contribution in [1.82, 2.24) is 0 Å². The molecule has 0 aromatic rings. The molecule has 0 bridgehead atoms. The van der Waals surface area contributed by atoms with Gasteiger partial charge in [0.2, 0.25) is 5.91 Å². The molecule has 0 saturated heterocycles. The molecule has 2 radical (unpaired) electrons. The third kappa shape index (κ3) is 7.56. The largest absolute Gasteiger partial charge is 0.480 e. The van der Waals surface area contributed by atoms with Crippen molar-refractivity contribution in [3.8, 4) is 0 Å². The first-order valence-electron chi connectivity index (χ1n) is 2.80. The maximum atomic E-state index is 10.1. The van der Waals surface area contributed by atoms with Crippen LogP contribution in [-0.4, -0.2) is 46.1 Å². The van der Waals surface area contributed by atoms with Crippen molar-refractivity contribution in [1.29, 1.82) is 0 Å². The number of rotatable bonds is 4. The van der Waals surface area contributed by atoms with Gasteiger partial charge in [-0.2, -0.15) is 0 Å². The Morgan fingerprint density at radius 3 is 2.18 bits per heavy atom. The Balaban J connectivity index is 0. The summed E-state index contributed by atoms with van der Waals surface area (Å²) in [5.41, 5.74) is 9.81. The molecule has 1 amide bonds. The highest BCUT2D eigenvalue weighted by atomic mass is 24.3. The molecule has 0 aliphatic rings. The molecule has 0 rings (SSSR count). The molecule has 6 heteroatoms. The van der Waals surface area contributed by atoms with E-state index in [-0.39, 0.29) is 35.9 Å². The fraction of sp³-hybridized carbons (Fsp3) is 0.600. The molecule has 0 aliphatic carbocycles. The number of carboxylic acids is 1. The molecule has 11 heavy (non-hydrogen) atoms. The number of primary amides is 1. The molecule has 1 atom stereocenters. The van der Waals surface area contributed by atoms with Crippen LogP contribution in [0, 0.1) is 0 Å². The quantitative estimate of drug-likeness (QED) is 0.437. The molecule has 0 fully saturated rings. The van der Waals surface area contributed by atoms with Crippen molar-refractivity contribution in [2.45, 2.75) is 18.9 Å². The second kappa shape index (κ2) is 6.38. The number of carbonyl (C=O) groups is 2. The number of carbonyl (C=O) groups excluding carboxylic acids is 1. The Kier molecular flexibility index (Phi) is 7.70. The van der Waals surface area contributed by atoms with Crippen LogP contribution in [0.3, 0.4) is 0 Å². The molecule has 0 aromatic heterocycles.